The first kappa shape index (κ1) is 14.5. The highest BCUT2D eigenvalue weighted by molar-refractivity contribution is 5.75. The average Bonchev–Trinajstić information content (AvgIpc) is 2.36. The van der Waals surface area contributed by atoms with E-state index < -0.39 is 0 Å². The molecule has 0 unspecified atom stereocenters. The topological polar surface area (TPSA) is 55.6 Å². The van der Waals surface area contributed by atoms with Gasteiger partial charge in [-0.3, -0.25) is 4.79 Å². The summed E-state index contributed by atoms with van der Waals surface area (Å²) in [5, 5.41) is 0. The van der Waals surface area contributed by atoms with Gasteiger partial charge in [-0.15, -0.1) is 0 Å². The summed E-state index contributed by atoms with van der Waals surface area (Å²) in [6.07, 6.45) is 2.15. The minimum atomic E-state index is 0.136. The van der Waals surface area contributed by atoms with Gasteiger partial charge in [0.1, 0.15) is 5.75 Å². The van der Waals surface area contributed by atoms with Crippen LogP contribution in [-0.2, 0) is 11.2 Å². The van der Waals surface area contributed by atoms with Crippen molar-refractivity contribution < 1.29 is 9.53 Å². The van der Waals surface area contributed by atoms with E-state index in [9.17, 15) is 4.79 Å². The number of nitrogens with two attached hydrogens (primary N) is 1. The Hall–Kier alpha value is -1.55. The molecule has 0 radical (unpaired) electrons. The van der Waals surface area contributed by atoms with E-state index in [2.05, 4.69) is 0 Å². The number of hydrogen-bond donors (Lipinski definition) is 1. The molecule has 0 spiro atoms. The van der Waals surface area contributed by atoms with Gasteiger partial charge in [0.25, 0.3) is 0 Å². The van der Waals surface area contributed by atoms with Crippen LogP contribution in [0.4, 0.5) is 0 Å². The normalized spacial score (nSPS) is 10.2. The fraction of sp³-hybridized carbons (Fsp3) is 0.500. The molecule has 0 fully saturated rings. The van der Waals surface area contributed by atoms with E-state index >= 15 is 0 Å². The smallest absolute Gasteiger partial charge is 0.222 e. The zero-order chi connectivity index (χ0) is 13.4. The van der Waals surface area contributed by atoms with Gasteiger partial charge >= 0.3 is 0 Å². The molecule has 0 aliphatic carbocycles. The first-order valence-corrected chi connectivity index (χ1v) is 6.25. The van der Waals surface area contributed by atoms with Crippen molar-refractivity contribution in [3.63, 3.8) is 0 Å². The number of rotatable bonds is 7. The molecule has 0 aliphatic rings. The van der Waals surface area contributed by atoms with E-state index in [1.165, 1.54) is 5.56 Å². The zero-order valence-corrected chi connectivity index (χ0v) is 11.2. The number of benzene rings is 1. The van der Waals surface area contributed by atoms with E-state index in [4.69, 9.17) is 10.5 Å². The second-order valence-electron chi connectivity index (χ2n) is 4.42. The Bertz CT molecular complexity index is 361. The van der Waals surface area contributed by atoms with Crippen LogP contribution in [-0.4, -0.2) is 38.1 Å². The van der Waals surface area contributed by atoms with Gasteiger partial charge in [-0.05, 0) is 37.1 Å². The number of carbonyl (C=O) groups is 1. The fourth-order valence-electron chi connectivity index (χ4n) is 1.56. The van der Waals surface area contributed by atoms with Crippen LogP contribution in [0.5, 0.6) is 5.75 Å². The monoisotopic (exact) mass is 250 g/mol. The van der Waals surface area contributed by atoms with Gasteiger partial charge in [-0.2, -0.15) is 0 Å². The zero-order valence-electron chi connectivity index (χ0n) is 11.2. The van der Waals surface area contributed by atoms with Crippen LogP contribution in [0.2, 0.25) is 0 Å². The molecule has 2 N–H and O–H groups in total. The first-order valence-electron chi connectivity index (χ1n) is 6.25. The van der Waals surface area contributed by atoms with E-state index in [1.54, 1.807) is 19.0 Å². The van der Waals surface area contributed by atoms with Gasteiger partial charge in [0.15, 0.2) is 0 Å². The Kier molecular flexibility index (Phi) is 6.22. The Labute approximate surface area is 109 Å². The van der Waals surface area contributed by atoms with Gasteiger partial charge in [0.2, 0.25) is 5.91 Å². The van der Waals surface area contributed by atoms with Crippen LogP contribution in [0.25, 0.3) is 0 Å². The van der Waals surface area contributed by atoms with Crippen molar-refractivity contribution in [3.8, 4) is 5.75 Å². The van der Waals surface area contributed by atoms with Gasteiger partial charge in [0, 0.05) is 20.5 Å². The molecule has 0 saturated carbocycles. The molecular formula is C14H22N2O2. The molecule has 100 valence electrons. The van der Waals surface area contributed by atoms with Crippen molar-refractivity contribution >= 4 is 5.91 Å². The lowest BCUT2D eigenvalue weighted by atomic mass is 10.1. The molecule has 0 aromatic heterocycles. The van der Waals surface area contributed by atoms with Crippen LogP contribution in [0.3, 0.4) is 0 Å². The highest BCUT2D eigenvalue weighted by Gasteiger charge is 2.03. The van der Waals surface area contributed by atoms with Crippen molar-refractivity contribution in [2.75, 3.05) is 27.2 Å². The largest absolute Gasteiger partial charge is 0.494 e. The van der Waals surface area contributed by atoms with Crippen LogP contribution < -0.4 is 10.5 Å². The van der Waals surface area contributed by atoms with Crippen LogP contribution in [0.15, 0.2) is 24.3 Å². The molecule has 4 nitrogen and oxygen atoms in total. The molecule has 1 aromatic rings. The van der Waals surface area contributed by atoms with E-state index in [0.29, 0.717) is 19.6 Å². The third-order valence-corrected chi connectivity index (χ3v) is 2.66. The fourth-order valence-corrected chi connectivity index (χ4v) is 1.56. The molecule has 0 bridgehead atoms. The van der Waals surface area contributed by atoms with Crippen LogP contribution in [0.1, 0.15) is 18.4 Å². The van der Waals surface area contributed by atoms with Gasteiger partial charge in [-0.1, -0.05) is 12.1 Å². The van der Waals surface area contributed by atoms with Gasteiger partial charge in [-0.25, -0.2) is 0 Å². The summed E-state index contributed by atoms with van der Waals surface area (Å²) < 4.78 is 5.57. The predicted octanol–water partition coefficient (Wildman–Crippen LogP) is 1.43. The molecule has 1 rings (SSSR count). The number of nitrogens with zero attached hydrogens (tertiary/aromatic N) is 1. The number of amides is 1. The lowest BCUT2D eigenvalue weighted by molar-refractivity contribution is -0.128. The maximum Gasteiger partial charge on any atom is 0.222 e. The molecule has 0 atom stereocenters. The summed E-state index contributed by atoms with van der Waals surface area (Å²) in [6.45, 7) is 1.22. The SMILES string of the molecule is CN(C)C(=O)CCCOc1ccc(CCN)cc1. The summed E-state index contributed by atoms with van der Waals surface area (Å²) in [6, 6.07) is 7.93. The van der Waals surface area contributed by atoms with Crippen LogP contribution >= 0.6 is 0 Å². The first-order chi connectivity index (χ1) is 8.63. The Morgan fingerprint density at radius 1 is 1.28 bits per heavy atom. The second kappa shape index (κ2) is 7.71. The van der Waals surface area contributed by atoms with Crippen molar-refractivity contribution in [1.29, 1.82) is 0 Å². The molecule has 4 heteroatoms. The number of ether oxygens (including phenoxy) is 1. The summed E-state index contributed by atoms with van der Waals surface area (Å²) in [7, 11) is 3.53. The van der Waals surface area contributed by atoms with Crippen molar-refractivity contribution in [1.82, 2.24) is 4.90 Å². The maximum absolute atomic E-state index is 11.3. The van der Waals surface area contributed by atoms with Crippen molar-refractivity contribution in [2.24, 2.45) is 5.73 Å². The Morgan fingerprint density at radius 2 is 1.94 bits per heavy atom. The minimum Gasteiger partial charge on any atom is -0.494 e. The average molecular weight is 250 g/mol. The number of carbonyl (C=O) groups excluding carboxylic acids is 1. The highest BCUT2D eigenvalue weighted by atomic mass is 16.5. The summed E-state index contributed by atoms with van der Waals surface area (Å²) in [4.78, 5) is 12.9. The molecule has 18 heavy (non-hydrogen) atoms. The van der Waals surface area contributed by atoms with E-state index in [-0.39, 0.29) is 5.91 Å². The molecule has 0 saturated heterocycles. The molecule has 0 heterocycles. The molecule has 1 amide bonds. The summed E-state index contributed by atoms with van der Waals surface area (Å²) in [5.74, 6) is 0.977. The van der Waals surface area contributed by atoms with E-state index in [1.807, 2.05) is 24.3 Å². The van der Waals surface area contributed by atoms with E-state index in [0.717, 1.165) is 18.6 Å². The van der Waals surface area contributed by atoms with Crippen LogP contribution in [0, 0.1) is 0 Å². The Morgan fingerprint density at radius 3 is 2.50 bits per heavy atom. The summed E-state index contributed by atoms with van der Waals surface area (Å²) in [5.41, 5.74) is 6.70. The third kappa shape index (κ3) is 5.19. The Balaban J connectivity index is 2.25. The van der Waals surface area contributed by atoms with Crippen molar-refractivity contribution in [3.05, 3.63) is 29.8 Å². The molecular weight excluding hydrogens is 228 g/mol. The standard InChI is InChI=1S/C14H22N2O2/c1-16(2)14(17)4-3-11-18-13-7-5-12(6-8-13)9-10-15/h5-8H,3-4,9-11,15H2,1-2H3. The number of hydrogen-bond acceptors (Lipinski definition) is 3. The summed E-state index contributed by atoms with van der Waals surface area (Å²) >= 11 is 0. The third-order valence-electron chi connectivity index (χ3n) is 2.66. The quantitative estimate of drug-likeness (QED) is 0.745. The molecule has 1 aromatic carbocycles. The van der Waals surface area contributed by atoms with Crippen molar-refractivity contribution in [2.45, 2.75) is 19.3 Å². The predicted molar refractivity (Wildman–Crippen MR) is 72.6 cm³/mol. The molecule has 0 aliphatic heterocycles. The second-order valence-corrected chi connectivity index (χ2v) is 4.42. The lowest BCUT2D eigenvalue weighted by Crippen LogP contribution is -2.21. The maximum atomic E-state index is 11.3. The minimum absolute atomic E-state index is 0.136. The van der Waals surface area contributed by atoms with Gasteiger partial charge in [0.05, 0.1) is 6.61 Å². The lowest BCUT2D eigenvalue weighted by Gasteiger charge is -2.10. The van der Waals surface area contributed by atoms with Gasteiger partial charge < -0.3 is 15.4 Å². The highest BCUT2D eigenvalue weighted by Crippen LogP contribution is 2.12.